The van der Waals surface area contributed by atoms with Crippen LogP contribution in [0.15, 0.2) is 6.07 Å². The number of carboxylic acids is 2. The smallest absolute Gasteiger partial charge is 0.321 e. The Labute approximate surface area is 102 Å². The molecule has 0 saturated heterocycles. The second-order valence-corrected chi connectivity index (χ2v) is 3.45. The summed E-state index contributed by atoms with van der Waals surface area (Å²) in [5.41, 5.74) is -1.52. The van der Waals surface area contributed by atoms with E-state index in [0.717, 1.165) is 0 Å². The first-order chi connectivity index (χ1) is 8.68. The summed E-state index contributed by atoms with van der Waals surface area (Å²) in [7, 11) is 0. The third-order valence-electron chi connectivity index (χ3n) is 2.25. The minimum atomic E-state index is -3.08. The van der Waals surface area contributed by atoms with Gasteiger partial charge in [-0.2, -0.15) is 0 Å². The Kier molecular flexibility index (Phi) is 4.07. The molecule has 0 saturated carbocycles. The summed E-state index contributed by atoms with van der Waals surface area (Å²) in [6, 6.07) is -0.128. The number of halogens is 5. The largest absolute Gasteiger partial charge is 0.481 e. The Morgan fingerprint density at radius 1 is 0.947 bits per heavy atom. The lowest BCUT2D eigenvalue weighted by molar-refractivity contribution is -0.157. The molecule has 1 unspecified atom stereocenters. The minimum Gasteiger partial charge on any atom is -0.481 e. The molecule has 0 aliphatic carbocycles. The van der Waals surface area contributed by atoms with Crippen molar-refractivity contribution >= 4 is 11.9 Å². The van der Waals surface area contributed by atoms with E-state index in [-0.39, 0.29) is 6.07 Å². The fourth-order valence-corrected chi connectivity index (χ4v) is 1.33. The highest BCUT2D eigenvalue weighted by Gasteiger charge is 2.39. The Hall–Kier alpha value is -2.19. The lowest BCUT2D eigenvalue weighted by atomic mass is 9.96. The molecule has 0 radical (unpaired) electrons. The van der Waals surface area contributed by atoms with Crippen molar-refractivity contribution in [2.45, 2.75) is 6.17 Å². The average Bonchev–Trinajstić information content (AvgIpc) is 2.30. The standard InChI is InChI=1S/C10H5F5O4/c11-3-1-2(6(13)8(15)7(3)14)5(12)4(9(16)17)10(18)19/h1,4-5H,(H,16,17)(H,18,19). The zero-order valence-electron chi connectivity index (χ0n) is 8.83. The Morgan fingerprint density at radius 2 is 1.42 bits per heavy atom. The van der Waals surface area contributed by atoms with Crippen molar-refractivity contribution in [3.63, 3.8) is 0 Å². The summed E-state index contributed by atoms with van der Waals surface area (Å²) in [6.45, 7) is 0. The highest BCUT2D eigenvalue weighted by molar-refractivity contribution is 5.93. The molecule has 9 heteroatoms. The molecule has 0 aromatic heterocycles. The van der Waals surface area contributed by atoms with Crippen LogP contribution in [0.25, 0.3) is 0 Å². The molecule has 104 valence electrons. The lowest BCUT2D eigenvalue weighted by Gasteiger charge is -2.14. The average molecular weight is 284 g/mol. The van der Waals surface area contributed by atoms with Gasteiger partial charge in [0.05, 0.1) is 0 Å². The van der Waals surface area contributed by atoms with Gasteiger partial charge >= 0.3 is 11.9 Å². The van der Waals surface area contributed by atoms with Gasteiger partial charge in [0.2, 0.25) is 0 Å². The molecule has 2 N–H and O–H groups in total. The molecule has 0 spiro atoms. The van der Waals surface area contributed by atoms with Gasteiger partial charge in [-0.25, -0.2) is 22.0 Å². The van der Waals surface area contributed by atoms with Crippen molar-refractivity contribution in [1.82, 2.24) is 0 Å². The Balaban J connectivity index is 3.37. The molecule has 0 amide bonds. The van der Waals surface area contributed by atoms with Gasteiger partial charge < -0.3 is 10.2 Å². The number of benzene rings is 1. The van der Waals surface area contributed by atoms with Crippen molar-refractivity contribution in [3.8, 4) is 0 Å². The molecule has 19 heavy (non-hydrogen) atoms. The summed E-state index contributed by atoms with van der Waals surface area (Å²) < 4.78 is 65.0. The van der Waals surface area contributed by atoms with Gasteiger partial charge in [0.25, 0.3) is 0 Å². The van der Waals surface area contributed by atoms with E-state index in [1.807, 2.05) is 0 Å². The number of carboxylic acid groups (broad SMARTS) is 2. The zero-order chi connectivity index (χ0) is 14.9. The Morgan fingerprint density at radius 3 is 1.84 bits per heavy atom. The first kappa shape index (κ1) is 14.9. The predicted octanol–water partition coefficient (Wildman–Crippen LogP) is 2.04. The number of alkyl halides is 1. The van der Waals surface area contributed by atoms with Gasteiger partial charge in [0.1, 0.15) is 0 Å². The van der Waals surface area contributed by atoms with E-state index in [4.69, 9.17) is 10.2 Å². The second kappa shape index (κ2) is 5.21. The molecule has 1 rings (SSSR count). The normalized spacial score (nSPS) is 12.5. The van der Waals surface area contributed by atoms with Crippen LogP contribution < -0.4 is 0 Å². The van der Waals surface area contributed by atoms with Crippen LogP contribution in [0, 0.1) is 29.2 Å². The first-order valence-corrected chi connectivity index (χ1v) is 4.61. The molecule has 4 nitrogen and oxygen atoms in total. The van der Waals surface area contributed by atoms with Crippen LogP contribution in [-0.2, 0) is 9.59 Å². The summed E-state index contributed by atoms with van der Waals surface area (Å²) >= 11 is 0. The fraction of sp³-hybridized carbons (Fsp3) is 0.200. The molecule has 0 heterocycles. The fourth-order valence-electron chi connectivity index (χ4n) is 1.33. The van der Waals surface area contributed by atoms with Crippen molar-refractivity contribution in [2.24, 2.45) is 5.92 Å². The van der Waals surface area contributed by atoms with Gasteiger partial charge in [-0.05, 0) is 6.07 Å². The van der Waals surface area contributed by atoms with Crippen LogP contribution in [-0.4, -0.2) is 22.2 Å². The SMILES string of the molecule is O=C(O)C(C(=O)O)C(F)c1cc(F)c(F)c(F)c1F. The zero-order valence-corrected chi connectivity index (χ0v) is 8.83. The second-order valence-electron chi connectivity index (χ2n) is 3.45. The summed E-state index contributed by atoms with van der Waals surface area (Å²) in [5, 5.41) is 16.9. The van der Waals surface area contributed by atoms with Crippen LogP contribution in [0.5, 0.6) is 0 Å². The molecule has 0 bridgehead atoms. The molecule has 0 fully saturated rings. The van der Waals surface area contributed by atoms with Crippen molar-refractivity contribution in [3.05, 3.63) is 34.9 Å². The molecular weight excluding hydrogens is 279 g/mol. The van der Waals surface area contributed by atoms with E-state index in [9.17, 15) is 31.5 Å². The number of hydrogen-bond acceptors (Lipinski definition) is 2. The molecular formula is C10H5F5O4. The van der Waals surface area contributed by atoms with E-state index >= 15 is 0 Å². The molecule has 1 aromatic carbocycles. The Bertz CT molecular complexity index is 531. The molecule has 0 aliphatic heterocycles. The molecule has 0 aliphatic rings. The van der Waals surface area contributed by atoms with Gasteiger partial charge in [-0.3, -0.25) is 9.59 Å². The van der Waals surface area contributed by atoms with Crippen molar-refractivity contribution in [1.29, 1.82) is 0 Å². The van der Waals surface area contributed by atoms with Crippen LogP contribution >= 0.6 is 0 Å². The third-order valence-corrected chi connectivity index (χ3v) is 2.25. The monoisotopic (exact) mass is 284 g/mol. The van der Waals surface area contributed by atoms with E-state index in [2.05, 4.69) is 0 Å². The van der Waals surface area contributed by atoms with Crippen molar-refractivity contribution < 1.29 is 41.8 Å². The molecule has 1 atom stereocenters. The van der Waals surface area contributed by atoms with Crippen LogP contribution in [0.4, 0.5) is 22.0 Å². The van der Waals surface area contributed by atoms with Crippen LogP contribution in [0.2, 0.25) is 0 Å². The minimum absolute atomic E-state index is 0.128. The molecule has 1 aromatic rings. The van der Waals surface area contributed by atoms with Crippen LogP contribution in [0.1, 0.15) is 11.7 Å². The van der Waals surface area contributed by atoms with Gasteiger partial charge in [0, 0.05) is 5.56 Å². The summed E-state index contributed by atoms with van der Waals surface area (Å²) in [6.07, 6.45) is -3.08. The van der Waals surface area contributed by atoms with Gasteiger partial charge in [0.15, 0.2) is 35.4 Å². The van der Waals surface area contributed by atoms with Gasteiger partial charge in [-0.1, -0.05) is 0 Å². The van der Waals surface area contributed by atoms with E-state index in [1.165, 1.54) is 0 Å². The highest BCUT2D eigenvalue weighted by atomic mass is 19.2. The lowest BCUT2D eigenvalue weighted by Crippen LogP contribution is -2.28. The maximum atomic E-state index is 13.6. The first-order valence-electron chi connectivity index (χ1n) is 4.61. The predicted molar refractivity (Wildman–Crippen MR) is 48.9 cm³/mol. The summed E-state index contributed by atoms with van der Waals surface area (Å²) in [4.78, 5) is 21.0. The summed E-state index contributed by atoms with van der Waals surface area (Å²) in [5.74, 6) is -15.8. The van der Waals surface area contributed by atoms with E-state index in [1.54, 1.807) is 0 Å². The third kappa shape index (κ3) is 2.64. The highest BCUT2D eigenvalue weighted by Crippen LogP contribution is 2.31. The maximum absolute atomic E-state index is 13.6. The number of hydrogen-bond donors (Lipinski definition) is 2. The number of rotatable bonds is 4. The maximum Gasteiger partial charge on any atom is 0.321 e. The van der Waals surface area contributed by atoms with Gasteiger partial charge in [-0.15, -0.1) is 0 Å². The van der Waals surface area contributed by atoms with Crippen LogP contribution in [0.3, 0.4) is 0 Å². The quantitative estimate of drug-likeness (QED) is 0.384. The van der Waals surface area contributed by atoms with E-state index in [0.29, 0.717) is 0 Å². The number of aliphatic carboxylic acids is 2. The van der Waals surface area contributed by atoms with E-state index < -0.39 is 52.9 Å². The van der Waals surface area contributed by atoms with Crippen molar-refractivity contribution in [2.75, 3.05) is 0 Å². The topological polar surface area (TPSA) is 74.6 Å². The number of carbonyl (C=O) groups is 2.